The van der Waals surface area contributed by atoms with Crippen molar-refractivity contribution in [2.24, 2.45) is 5.73 Å². The third-order valence-electron chi connectivity index (χ3n) is 5.31. The van der Waals surface area contributed by atoms with Gasteiger partial charge in [-0.05, 0) is 54.8 Å². The van der Waals surface area contributed by atoms with E-state index in [0.29, 0.717) is 30.5 Å². The molecule has 0 spiro atoms. The number of esters is 1. The van der Waals surface area contributed by atoms with Crippen molar-refractivity contribution in [3.05, 3.63) is 72.3 Å². The fourth-order valence-electron chi connectivity index (χ4n) is 3.54. The van der Waals surface area contributed by atoms with Crippen LogP contribution in [0.4, 0.5) is 0 Å². The van der Waals surface area contributed by atoms with Gasteiger partial charge < -0.3 is 24.8 Å². The van der Waals surface area contributed by atoms with Gasteiger partial charge in [0.05, 0.1) is 13.7 Å². The zero-order valence-corrected chi connectivity index (χ0v) is 18.9. The number of carbonyl (C=O) groups excluding carboxylic acids is 1. The lowest BCUT2D eigenvalue weighted by molar-refractivity contribution is -0.144. The van der Waals surface area contributed by atoms with E-state index in [9.17, 15) is 9.90 Å². The van der Waals surface area contributed by atoms with Gasteiger partial charge in [0.15, 0.2) is 0 Å². The molecule has 174 valence electrons. The van der Waals surface area contributed by atoms with Crippen molar-refractivity contribution in [2.75, 3.05) is 13.7 Å². The number of nitrogens with zero attached hydrogens (tertiary/aromatic N) is 2. The van der Waals surface area contributed by atoms with Gasteiger partial charge in [-0.25, -0.2) is 0 Å². The van der Waals surface area contributed by atoms with Crippen molar-refractivity contribution < 1.29 is 23.9 Å². The molecule has 8 nitrogen and oxygen atoms in total. The van der Waals surface area contributed by atoms with Gasteiger partial charge in [-0.3, -0.25) is 4.79 Å². The van der Waals surface area contributed by atoms with E-state index in [0.717, 1.165) is 27.8 Å². The fourth-order valence-corrected chi connectivity index (χ4v) is 3.54. The number of benzene rings is 3. The van der Waals surface area contributed by atoms with Gasteiger partial charge in [0.25, 0.3) is 5.89 Å². The van der Waals surface area contributed by atoms with Crippen LogP contribution in [0.1, 0.15) is 12.5 Å². The molecule has 34 heavy (non-hydrogen) atoms. The summed E-state index contributed by atoms with van der Waals surface area (Å²) in [6, 6.07) is 19.2. The number of hydrogen-bond donors (Lipinski definition) is 2. The maximum Gasteiger partial charge on any atom is 0.323 e. The number of aromatic nitrogens is 2. The predicted octanol–water partition coefficient (Wildman–Crippen LogP) is 4.22. The molecule has 0 radical (unpaired) electrons. The Bertz CT molecular complexity index is 1270. The van der Waals surface area contributed by atoms with Crippen molar-refractivity contribution in [2.45, 2.75) is 19.4 Å². The Morgan fingerprint density at radius 3 is 2.38 bits per heavy atom. The van der Waals surface area contributed by atoms with Crippen molar-refractivity contribution >= 4 is 5.97 Å². The van der Waals surface area contributed by atoms with Gasteiger partial charge in [0, 0.05) is 16.7 Å². The van der Waals surface area contributed by atoms with Gasteiger partial charge in [-0.1, -0.05) is 41.6 Å². The van der Waals surface area contributed by atoms with E-state index in [1.807, 2.05) is 54.6 Å². The number of nitrogens with two attached hydrogens (primary N) is 1. The molecule has 0 aliphatic rings. The number of phenolic OH excluding ortho intramolecular Hbond substituents is 1. The predicted molar refractivity (Wildman–Crippen MR) is 127 cm³/mol. The topological polar surface area (TPSA) is 121 Å². The number of carbonyl (C=O) groups is 1. The lowest BCUT2D eigenvalue weighted by Gasteiger charge is -2.10. The minimum absolute atomic E-state index is 0.189. The fraction of sp³-hybridized carbons (Fsp3) is 0.192. The van der Waals surface area contributed by atoms with Crippen LogP contribution in [0.25, 0.3) is 34.0 Å². The van der Waals surface area contributed by atoms with E-state index in [2.05, 4.69) is 10.1 Å². The third-order valence-corrected chi connectivity index (χ3v) is 5.31. The molecule has 1 aromatic heterocycles. The van der Waals surface area contributed by atoms with E-state index < -0.39 is 12.0 Å². The van der Waals surface area contributed by atoms with Crippen LogP contribution in [0, 0.1) is 0 Å². The van der Waals surface area contributed by atoms with Crippen LogP contribution in [0.3, 0.4) is 0 Å². The first-order valence-corrected chi connectivity index (χ1v) is 10.8. The van der Waals surface area contributed by atoms with E-state index in [4.69, 9.17) is 19.7 Å². The number of ether oxygens (including phenoxy) is 2. The molecule has 0 aliphatic carbocycles. The first-order valence-electron chi connectivity index (χ1n) is 10.8. The van der Waals surface area contributed by atoms with Crippen LogP contribution < -0.4 is 10.5 Å². The third kappa shape index (κ3) is 5.07. The minimum Gasteiger partial charge on any atom is -0.508 e. The van der Waals surface area contributed by atoms with Crippen LogP contribution in [0.5, 0.6) is 11.5 Å². The number of hydrogen-bond acceptors (Lipinski definition) is 8. The lowest BCUT2D eigenvalue weighted by atomic mass is 10.0. The summed E-state index contributed by atoms with van der Waals surface area (Å²) in [6.45, 7) is 2.05. The molecule has 4 rings (SSSR count). The second kappa shape index (κ2) is 10.2. The average Bonchev–Trinajstić information content (AvgIpc) is 3.35. The quantitative estimate of drug-likeness (QED) is 0.376. The Labute approximate surface area is 197 Å². The zero-order chi connectivity index (χ0) is 24.1. The van der Waals surface area contributed by atoms with Crippen LogP contribution in [-0.4, -0.2) is 41.0 Å². The molecular weight excluding hydrogens is 434 g/mol. The normalized spacial score (nSPS) is 11.7. The maximum absolute atomic E-state index is 11.7. The molecule has 0 saturated carbocycles. The first kappa shape index (κ1) is 23.0. The van der Waals surface area contributed by atoms with Crippen LogP contribution >= 0.6 is 0 Å². The lowest BCUT2D eigenvalue weighted by Crippen LogP contribution is -2.34. The smallest absolute Gasteiger partial charge is 0.323 e. The van der Waals surface area contributed by atoms with Crippen molar-refractivity contribution in [3.8, 4) is 45.5 Å². The SMILES string of the molecule is CCOC(=O)[C@@H](N)Cc1ccc(-c2noc(-c3ccc(OC)c(-c4ccc(O)cc4)c3)n2)cc1. The summed E-state index contributed by atoms with van der Waals surface area (Å²) in [4.78, 5) is 16.3. The molecule has 0 fully saturated rings. The van der Waals surface area contributed by atoms with E-state index in [1.165, 1.54) is 0 Å². The summed E-state index contributed by atoms with van der Waals surface area (Å²) in [7, 11) is 1.60. The monoisotopic (exact) mass is 459 g/mol. The molecule has 1 atom stereocenters. The Morgan fingerprint density at radius 2 is 1.71 bits per heavy atom. The molecule has 8 heteroatoms. The van der Waals surface area contributed by atoms with Crippen molar-refractivity contribution in [3.63, 3.8) is 0 Å². The zero-order valence-electron chi connectivity index (χ0n) is 18.9. The summed E-state index contributed by atoms with van der Waals surface area (Å²) in [6.07, 6.45) is 0.377. The van der Waals surface area contributed by atoms with Crippen LogP contribution in [0.2, 0.25) is 0 Å². The highest BCUT2D eigenvalue weighted by Crippen LogP contribution is 2.35. The summed E-state index contributed by atoms with van der Waals surface area (Å²) >= 11 is 0. The van der Waals surface area contributed by atoms with E-state index >= 15 is 0 Å². The standard InChI is InChI=1S/C26H25N3O5/c1-3-33-26(31)22(27)14-16-4-6-18(7-5-16)24-28-25(34-29-24)19-10-13-23(32-2)21(15-19)17-8-11-20(30)12-9-17/h4-13,15,22,30H,3,14,27H2,1-2H3/t22-/m0/s1. The minimum atomic E-state index is -0.708. The number of methoxy groups -OCH3 is 1. The van der Waals surface area contributed by atoms with E-state index in [1.54, 1.807) is 26.2 Å². The summed E-state index contributed by atoms with van der Waals surface area (Å²) in [5.41, 5.74) is 10.0. The molecule has 1 heterocycles. The Hall–Kier alpha value is -4.17. The van der Waals surface area contributed by atoms with Gasteiger partial charge in [0.2, 0.25) is 5.82 Å². The second-order valence-electron chi connectivity index (χ2n) is 7.64. The first-order chi connectivity index (χ1) is 16.5. The molecule has 3 N–H and O–H groups in total. The van der Waals surface area contributed by atoms with Gasteiger partial charge in [0.1, 0.15) is 17.5 Å². The Balaban J connectivity index is 1.55. The largest absolute Gasteiger partial charge is 0.508 e. The Morgan fingerprint density at radius 1 is 1.03 bits per heavy atom. The number of aromatic hydroxyl groups is 1. The second-order valence-corrected chi connectivity index (χ2v) is 7.64. The maximum atomic E-state index is 11.7. The molecule has 3 aromatic carbocycles. The van der Waals surface area contributed by atoms with Crippen molar-refractivity contribution in [1.29, 1.82) is 0 Å². The molecular formula is C26H25N3O5. The molecule has 0 bridgehead atoms. The van der Waals surface area contributed by atoms with Crippen LogP contribution in [-0.2, 0) is 16.0 Å². The van der Waals surface area contributed by atoms with Crippen LogP contribution in [0.15, 0.2) is 71.3 Å². The molecule has 0 aliphatic heterocycles. The summed E-state index contributed by atoms with van der Waals surface area (Å²) in [5.74, 6) is 1.27. The summed E-state index contributed by atoms with van der Waals surface area (Å²) in [5, 5.41) is 13.7. The number of phenols is 1. The molecule has 4 aromatic rings. The van der Waals surface area contributed by atoms with Gasteiger partial charge in [-0.15, -0.1) is 0 Å². The van der Waals surface area contributed by atoms with E-state index in [-0.39, 0.29) is 5.75 Å². The molecule has 0 amide bonds. The summed E-state index contributed by atoms with van der Waals surface area (Å²) < 4.78 is 16.0. The van der Waals surface area contributed by atoms with Crippen molar-refractivity contribution in [1.82, 2.24) is 10.1 Å². The average molecular weight is 460 g/mol. The highest BCUT2D eigenvalue weighted by atomic mass is 16.5. The van der Waals surface area contributed by atoms with Gasteiger partial charge >= 0.3 is 5.97 Å². The highest BCUT2D eigenvalue weighted by Gasteiger charge is 2.17. The Kier molecular flexibility index (Phi) is 6.89. The highest BCUT2D eigenvalue weighted by molar-refractivity contribution is 5.77. The molecule has 0 saturated heterocycles. The molecule has 0 unspecified atom stereocenters. The van der Waals surface area contributed by atoms with Gasteiger partial charge in [-0.2, -0.15) is 4.98 Å². The number of rotatable bonds is 8.